The number of nitrogens with one attached hydrogen (secondary N) is 2. The highest BCUT2D eigenvalue weighted by Gasteiger charge is 2.33. The molecule has 1 aliphatic heterocycles. The molecule has 1 saturated heterocycles. The number of amides is 2. The summed E-state index contributed by atoms with van der Waals surface area (Å²) in [7, 11) is 3.18. The van der Waals surface area contributed by atoms with E-state index in [1.165, 1.54) is 11.8 Å². The molecule has 0 spiro atoms. The molecule has 1 atom stereocenters. The van der Waals surface area contributed by atoms with Crippen LogP contribution in [0.4, 0.5) is 0 Å². The van der Waals surface area contributed by atoms with Crippen molar-refractivity contribution in [3.63, 3.8) is 0 Å². The zero-order chi connectivity index (χ0) is 18.5. The molecule has 0 radical (unpaired) electrons. The fourth-order valence-electron chi connectivity index (χ4n) is 2.59. The highest BCUT2D eigenvalue weighted by Crippen LogP contribution is 2.29. The number of aliphatic imine (C=N–C) groups is 1. The summed E-state index contributed by atoms with van der Waals surface area (Å²) in [6, 6.07) is 6.03. The summed E-state index contributed by atoms with van der Waals surface area (Å²) in [5.74, 6) is 1.07. The van der Waals surface area contributed by atoms with Crippen LogP contribution >= 0.6 is 11.8 Å². The van der Waals surface area contributed by atoms with Crippen molar-refractivity contribution in [1.82, 2.24) is 10.6 Å². The van der Waals surface area contributed by atoms with Crippen molar-refractivity contribution < 1.29 is 19.1 Å². The topological polar surface area (TPSA) is 89.0 Å². The molecule has 1 aliphatic carbocycles. The number of amidine groups is 1. The van der Waals surface area contributed by atoms with E-state index in [2.05, 4.69) is 15.6 Å². The minimum atomic E-state index is -0.395. The zero-order valence-electron chi connectivity index (χ0n) is 14.9. The fourth-order valence-corrected chi connectivity index (χ4v) is 3.63. The van der Waals surface area contributed by atoms with Crippen LogP contribution < -0.4 is 20.1 Å². The van der Waals surface area contributed by atoms with Crippen molar-refractivity contribution in [2.24, 2.45) is 4.99 Å². The summed E-state index contributed by atoms with van der Waals surface area (Å²) in [5, 5.41) is 5.88. The van der Waals surface area contributed by atoms with E-state index in [0.29, 0.717) is 35.7 Å². The summed E-state index contributed by atoms with van der Waals surface area (Å²) >= 11 is 1.35. The summed E-state index contributed by atoms with van der Waals surface area (Å²) in [6.45, 7) is 0.496. The van der Waals surface area contributed by atoms with Crippen LogP contribution in [-0.4, -0.2) is 49.0 Å². The fraction of sp³-hybridized carbons (Fsp3) is 0.500. The van der Waals surface area contributed by atoms with Gasteiger partial charge in [0, 0.05) is 13.0 Å². The van der Waals surface area contributed by atoms with Crippen molar-refractivity contribution in [3.05, 3.63) is 23.8 Å². The predicted molar refractivity (Wildman–Crippen MR) is 101 cm³/mol. The number of hydrogen-bond donors (Lipinski definition) is 2. The van der Waals surface area contributed by atoms with Gasteiger partial charge in [0.1, 0.15) is 5.25 Å². The average molecular weight is 377 g/mol. The Morgan fingerprint density at radius 1 is 1.31 bits per heavy atom. The van der Waals surface area contributed by atoms with E-state index in [4.69, 9.17) is 9.47 Å². The minimum absolute atomic E-state index is 0.134. The maximum Gasteiger partial charge on any atom is 0.240 e. The Morgan fingerprint density at radius 2 is 2.08 bits per heavy atom. The van der Waals surface area contributed by atoms with Crippen LogP contribution in [0.2, 0.25) is 0 Å². The van der Waals surface area contributed by atoms with Crippen molar-refractivity contribution in [2.45, 2.75) is 37.0 Å². The van der Waals surface area contributed by atoms with E-state index in [9.17, 15) is 9.59 Å². The van der Waals surface area contributed by atoms with Crippen LogP contribution in [-0.2, 0) is 16.0 Å². The van der Waals surface area contributed by atoms with Gasteiger partial charge in [0.05, 0.1) is 20.3 Å². The first-order chi connectivity index (χ1) is 12.6. The molecule has 8 heteroatoms. The molecule has 1 aromatic rings. The van der Waals surface area contributed by atoms with E-state index < -0.39 is 5.25 Å². The lowest BCUT2D eigenvalue weighted by atomic mass is 10.1. The van der Waals surface area contributed by atoms with Gasteiger partial charge < -0.3 is 20.1 Å². The maximum atomic E-state index is 12.1. The number of benzene rings is 1. The lowest BCUT2D eigenvalue weighted by Gasteiger charge is -2.10. The van der Waals surface area contributed by atoms with Crippen LogP contribution in [0, 0.1) is 0 Å². The molecule has 2 N–H and O–H groups in total. The Bertz CT molecular complexity index is 718. The standard InChI is InChI=1S/C18H23N3O4S/c1-24-13-6-3-11(9-14(13)25-2)7-8-19-16(22)10-15-17(23)21-18(26-15)20-12-4-5-12/h3,6,9,12,15H,4-5,7-8,10H2,1-2H3,(H,19,22)(H,20,21,23). The summed E-state index contributed by atoms with van der Waals surface area (Å²) in [5.41, 5.74) is 1.04. The highest BCUT2D eigenvalue weighted by molar-refractivity contribution is 8.15. The summed E-state index contributed by atoms with van der Waals surface area (Å²) in [4.78, 5) is 28.5. The molecule has 2 aliphatic rings. The lowest BCUT2D eigenvalue weighted by Crippen LogP contribution is -2.32. The van der Waals surface area contributed by atoms with Crippen LogP contribution in [0.5, 0.6) is 11.5 Å². The largest absolute Gasteiger partial charge is 0.493 e. The van der Waals surface area contributed by atoms with Gasteiger partial charge in [0.25, 0.3) is 0 Å². The Hall–Kier alpha value is -2.22. The molecule has 2 amide bonds. The first-order valence-electron chi connectivity index (χ1n) is 8.62. The maximum absolute atomic E-state index is 12.1. The molecule has 26 heavy (non-hydrogen) atoms. The van der Waals surface area contributed by atoms with Gasteiger partial charge in [-0.1, -0.05) is 17.8 Å². The molecule has 2 fully saturated rings. The zero-order valence-corrected chi connectivity index (χ0v) is 15.7. The molecule has 1 saturated carbocycles. The SMILES string of the molecule is COc1ccc(CCNC(=O)CC2SC(=NC3CC3)NC2=O)cc1OC. The molecule has 1 unspecified atom stereocenters. The number of rotatable bonds is 8. The molecule has 1 aromatic carbocycles. The predicted octanol–water partition coefficient (Wildman–Crippen LogP) is 1.50. The van der Waals surface area contributed by atoms with Gasteiger partial charge in [-0.05, 0) is 37.0 Å². The van der Waals surface area contributed by atoms with Crippen molar-refractivity contribution in [1.29, 1.82) is 0 Å². The van der Waals surface area contributed by atoms with Gasteiger partial charge in [-0.2, -0.15) is 0 Å². The molecular weight excluding hydrogens is 354 g/mol. The molecule has 3 rings (SSSR count). The van der Waals surface area contributed by atoms with E-state index >= 15 is 0 Å². The second-order valence-electron chi connectivity index (χ2n) is 6.25. The lowest BCUT2D eigenvalue weighted by molar-refractivity contribution is -0.125. The van der Waals surface area contributed by atoms with Gasteiger partial charge in [0.15, 0.2) is 16.7 Å². The summed E-state index contributed by atoms with van der Waals surface area (Å²) in [6.07, 6.45) is 3.00. The number of methoxy groups -OCH3 is 2. The second-order valence-corrected chi connectivity index (χ2v) is 7.45. The van der Waals surface area contributed by atoms with Crippen LogP contribution in [0.25, 0.3) is 0 Å². The second kappa shape index (κ2) is 8.44. The van der Waals surface area contributed by atoms with Crippen molar-refractivity contribution >= 4 is 28.7 Å². The van der Waals surface area contributed by atoms with Crippen LogP contribution in [0.15, 0.2) is 23.2 Å². The number of ether oxygens (including phenoxy) is 2. The molecule has 0 bridgehead atoms. The molecule has 0 aromatic heterocycles. The number of hydrogen-bond acceptors (Lipinski definition) is 6. The van der Waals surface area contributed by atoms with Crippen LogP contribution in [0.3, 0.4) is 0 Å². The third-order valence-electron chi connectivity index (χ3n) is 4.18. The Morgan fingerprint density at radius 3 is 2.77 bits per heavy atom. The van der Waals surface area contributed by atoms with Gasteiger partial charge in [-0.3, -0.25) is 14.6 Å². The Labute approximate surface area is 156 Å². The van der Waals surface area contributed by atoms with E-state index in [-0.39, 0.29) is 18.2 Å². The molecule has 7 nitrogen and oxygen atoms in total. The highest BCUT2D eigenvalue weighted by atomic mass is 32.2. The number of carbonyl (C=O) groups is 2. The van der Waals surface area contributed by atoms with E-state index in [1.54, 1.807) is 14.2 Å². The van der Waals surface area contributed by atoms with Crippen molar-refractivity contribution in [2.75, 3.05) is 20.8 Å². The normalized spacial score (nSPS) is 20.8. The quantitative estimate of drug-likeness (QED) is 0.717. The van der Waals surface area contributed by atoms with Gasteiger partial charge in [-0.25, -0.2) is 0 Å². The summed E-state index contributed by atoms with van der Waals surface area (Å²) < 4.78 is 10.5. The third-order valence-corrected chi connectivity index (χ3v) is 5.27. The molecule has 140 valence electrons. The third kappa shape index (κ3) is 4.91. The van der Waals surface area contributed by atoms with Crippen molar-refractivity contribution in [3.8, 4) is 11.5 Å². The Balaban J connectivity index is 1.43. The van der Waals surface area contributed by atoms with Gasteiger partial charge >= 0.3 is 0 Å². The number of thioether (sulfide) groups is 1. The van der Waals surface area contributed by atoms with Gasteiger partial charge in [0.2, 0.25) is 11.8 Å². The molecule has 1 heterocycles. The first kappa shape index (κ1) is 18.6. The average Bonchev–Trinajstić information content (AvgIpc) is 3.38. The molecular formula is C18H23N3O4S. The van der Waals surface area contributed by atoms with Gasteiger partial charge in [-0.15, -0.1) is 0 Å². The Kier molecular flexibility index (Phi) is 6.03. The number of nitrogens with zero attached hydrogens (tertiary/aromatic N) is 1. The monoisotopic (exact) mass is 377 g/mol. The first-order valence-corrected chi connectivity index (χ1v) is 9.50. The minimum Gasteiger partial charge on any atom is -0.493 e. The number of carbonyl (C=O) groups excluding carboxylic acids is 2. The van der Waals surface area contributed by atoms with E-state index in [0.717, 1.165) is 18.4 Å². The van der Waals surface area contributed by atoms with Crippen LogP contribution in [0.1, 0.15) is 24.8 Å². The smallest absolute Gasteiger partial charge is 0.240 e. The van der Waals surface area contributed by atoms with E-state index in [1.807, 2.05) is 18.2 Å².